The molecule has 0 aliphatic carbocycles. The van der Waals surface area contributed by atoms with Gasteiger partial charge in [0.1, 0.15) is 0 Å². The number of hydrogen-bond donors (Lipinski definition) is 3. The molecule has 7 nitrogen and oxygen atoms in total. The molecule has 1 heterocycles. The van der Waals surface area contributed by atoms with Gasteiger partial charge in [-0.3, -0.25) is 14.4 Å². The molecule has 2 aromatic rings. The SMILES string of the molecule is CC(NC(=O)C(=O)Nc1ccccc1CCN(C)C)c1ccc2c(c1)CCC(=O)N2. The third kappa shape index (κ3) is 5.45. The van der Waals surface area contributed by atoms with Crippen LogP contribution in [0.25, 0.3) is 0 Å². The molecule has 2 aromatic carbocycles. The zero-order valence-corrected chi connectivity index (χ0v) is 17.6. The number of benzene rings is 2. The highest BCUT2D eigenvalue weighted by Gasteiger charge is 2.20. The lowest BCUT2D eigenvalue weighted by Crippen LogP contribution is -2.37. The molecule has 30 heavy (non-hydrogen) atoms. The summed E-state index contributed by atoms with van der Waals surface area (Å²) in [4.78, 5) is 38.5. The predicted octanol–water partition coefficient (Wildman–Crippen LogP) is 2.49. The summed E-state index contributed by atoms with van der Waals surface area (Å²) in [6, 6.07) is 12.8. The van der Waals surface area contributed by atoms with Crippen LogP contribution in [0.15, 0.2) is 42.5 Å². The Morgan fingerprint density at radius 2 is 1.87 bits per heavy atom. The summed E-state index contributed by atoms with van der Waals surface area (Å²) in [6.07, 6.45) is 1.89. The molecule has 1 atom stereocenters. The van der Waals surface area contributed by atoms with E-state index in [9.17, 15) is 14.4 Å². The van der Waals surface area contributed by atoms with Gasteiger partial charge in [-0.15, -0.1) is 0 Å². The maximum atomic E-state index is 12.5. The second kappa shape index (κ2) is 9.54. The van der Waals surface area contributed by atoms with Crippen LogP contribution < -0.4 is 16.0 Å². The zero-order chi connectivity index (χ0) is 21.7. The van der Waals surface area contributed by atoms with Gasteiger partial charge in [-0.2, -0.15) is 0 Å². The first kappa shape index (κ1) is 21.5. The molecule has 3 amide bonds. The third-order valence-electron chi connectivity index (χ3n) is 5.17. The molecule has 158 valence electrons. The van der Waals surface area contributed by atoms with Crippen LogP contribution in [-0.4, -0.2) is 43.3 Å². The number of fused-ring (bicyclic) bond motifs is 1. The summed E-state index contributed by atoms with van der Waals surface area (Å²) in [6.45, 7) is 2.67. The van der Waals surface area contributed by atoms with Crippen molar-refractivity contribution in [1.29, 1.82) is 0 Å². The zero-order valence-electron chi connectivity index (χ0n) is 17.6. The quantitative estimate of drug-likeness (QED) is 0.641. The molecule has 1 aliphatic rings. The van der Waals surface area contributed by atoms with Gasteiger partial charge in [0, 0.05) is 24.3 Å². The van der Waals surface area contributed by atoms with E-state index in [0.717, 1.165) is 35.3 Å². The largest absolute Gasteiger partial charge is 0.341 e. The van der Waals surface area contributed by atoms with E-state index in [0.29, 0.717) is 18.5 Å². The van der Waals surface area contributed by atoms with Crippen LogP contribution in [0.4, 0.5) is 11.4 Å². The molecule has 1 unspecified atom stereocenters. The lowest BCUT2D eigenvalue weighted by molar-refractivity contribution is -0.136. The van der Waals surface area contributed by atoms with E-state index in [-0.39, 0.29) is 11.9 Å². The fraction of sp³-hybridized carbons (Fsp3) is 0.348. The third-order valence-corrected chi connectivity index (χ3v) is 5.17. The first-order valence-electron chi connectivity index (χ1n) is 10.1. The van der Waals surface area contributed by atoms with Crippen LogP contribution in [0.3, 0.4) is 0 Å². The molecule has 0 saturated carbocycles. The van der Waals surface area contributed by atoms with Crippen molar-refractivity contribution in [2.75, 3.05) is 31.3 Å². The number of aryl methyl sites for hydroxylation is 1. The van der Waals surface area contributed by atoms with Crippen molar-refractivity contribution >= 4 is 29.1 Å². The number of rotatable bonds is 6. The van der Waals surface area contributed by atoms with Crippen LogP contribution >= 0.6 is 0 Å². The molecule has 0 saturated heterocycles. The van der Waals surface area contributed by atoms with Gasteiger partial charge in [-0.25, -0.2) is 0 Å². The van der Waals surface area contributed by atoms with Gasteiger partial charge in [0.2, 0.25) is 5.91 Å². The van der Waals surface area contributed by atoms with Gasteiger partial charge in [-0.05, 0) is 62.7 Å². The van der Waals surface area contributed by atoms with Crippen LogP contribution in [0.5, 0.6) is 0 Å². The van der Waals surface area contributed by atoms with Crippen LogP contribution in [-0.2, 0) is 27.2 Å². The smallest absolute Gasteiger partial charge is 0.313 e. The van der Waals surface area contributed by atoms with Crippen LogP contribution in [0.1, 0.15) is 36.1 Å². The average molecular weight is 409 g/mol. The van der Waals surface area contributed by atoms with Gasteiger partial charge in [0.15, 0.2) is 0 Å². The maximum Gasteiger partial charge on any atom is 0.313 e. The Morgan fingerprint density at radius 3 is 2.63 bits per heavy atom. The van der Waals surface area contributed by atoms with Gasteiger partial charge in [0.05, 0.1) is 6.04 Å². The minimum Gasteiger partial charge on any atom is -0.341 e. The molecule has 3 rings (SSSR count). The number of carbonyl (C=O) groups is 3. The van der Waals surface area contributed by atoms with Crippen molar-refractivity contribution in [3.05, 3.63) is 59.2 Å². The van der Waals surface area contributed by atoms with E-state index < -0.39 is 11.8 Å². The maximum absolute atomic E-state index is 12.5. The lowest BCUT2D eigenvalue weighted by atomic mass is 9.98. The van der Waals surface area contributed by atoms with Gasteiger partial charge < -0.3 is 20.9 Å². The van der Waals surface area contributed by atoms with E-state index in [1.807, 2.05) is 57.4 Å². The highest BCUT2D eigenvalue weighted by molar-refractivity contribution is 6.39. The minimum absolute atomic E-state index is 0.0131. The normalized spacial score (nSPS) is 13.9. The molecular weight excluding hydrogens is 380 g/mol. The Labute approximate surface area is 176 Å². The standard InChI is InChI=1S/C23H28N4O3/c1-15(17-8-10-20-18(14-17)9-11-21(28)25-20)24-22(29)23(30)26-19-7-5-4-6-16(19)12-13-27(2)3/h4-8,10,14-15H,9,11-13H2,1-3H3,(H,24,29)(H,25,28)(H,26,30). The van der Waals surface area contributed by atoms with Crippen LogP contribution in [0, 0.1) is 0 Å². The van der Waals surface area contributed by atoms with Crippen molar-refractivity contribution in [1.82, 2.24) is 10.2 Å². The number of amides is 3. The number of likely N-dealkylation sites (N-methyl/N-ethyl adjacent to an activating group) is 1. The molecule has 1 aliphatic heterocycles. The molecule has 0 fully saturated rings. The van der Waals surface area contributed by atoms with E-state index in [1.165, 1.54) is 0 Å². The van der Waals surface area contributed by atoms with E-state index in [2.05, 4.69) is 20.9 Å². The first-order valence-corrected chi connectivity index (χ1v) is 10.1. The second-order valence-corrected chi connectivity index (χ2v) is 7.82. The summed E-state index contributed by atoms with van der Waals surface area (Å²) in [5, 5.41) is 8.32. The number of anilines is 2. The summed E-state index contributed by atoms with van der Waals surface area (Å²) in [7, 11) is 3.98. The van der Waals surface area contributed by atoms with Gasteiger partial charge in [-0.1, -0.05) is 30.3 Å². The van der Waals surface area contributed by atoms with Gasteiger partial charge >= 0.3 is 11.8 Å². The Morgan fingerprint density at radius 1 is 1.10 bits per heavy atom. The minimum atomic E-state index is -0.690. The van der Waals surface area contributed by atoms with Gasteiger partial charge in [0.25, 0.3) is 0 Å². The monoisotopic (exact) mass is 408 g/mol. The number of nitrogens with one attached hydrogen (secondary N) is 3. The fourth-order valence-electron chi connectivity index (χ4n) is 3.40. The predicted molar refractivity (Wildman–Crippen MR) is 117 cm³/mol. The highest BCUT2D eigenvalue weighted by Crippen LogP contribution is 2.26. The molecule has 0 bridgehead atoms. The summed E-state index contributed by atoms with van der Waals surface area (Å²) in [5.41, 5.74) is 4.36. The molecule has 0 radical (unpaired) electrons. The Hall–Kier alpha value is -3.19. The Balaban J connectivity index is 1.62. The fourth-order valence-corrected chi connectivity index (χ4v) is 3.40. The molecule has 0 aromatic heterocycles. The Kier molecular flexibility index (Phi) is 6.84. The molecule has 0 spiro atoms. The van der Waals surface area contributed by atoms with E-state index in [1.54, 1.807) is 6.07 Å². The number of hydrogen-bond acceptors (Lipinski definition) is 4. The number of para-hydroxylation sites is 1. The highest BCUT2D eigenvalue weighted by atomic mass is 16.2. The van der Waals surface area contributed by atoms with Crippen molar-refractivity contribution in [3.8, 4) is 0 Å². The van der Waals surface area contributed by atoms with Crippen LogP contribution in [0.2, 0.25) is 0 Å². The number of nitrogens with zero attached hydrogens (tertiary/aromatic N) is 1. The van der Waals surface area contributed by atoms with Crippen molar-refractivity contribution in [2.24, 2.45) is 0 Å². The molecule has 3 N–H and O–H groups in total. The summed E-state index contributed by atoms with van der Waals surface area (Å²) in [5.74, 6) is -1.36. The molecule has 7 heteroatoms. The Bertz CT molecular complexity index is 955. The topological polar surface area (TPSA) is 90.5 Å². The van der Waals surface area contributed by atoms with Crippen molar-refractivity contribution in [2.45, 2.75) is 32.2 Å². The lowest BCUT2D eigenvalue weighted by Gasteiger charge is -2.20. The number of carbonyl (C=O) groups excluding carboxylic acids is 3. The van der Waals surface area contributed by atoms with Crippen molar-refractivity contribution < 1.29 is 14.4 Å². The van der Waals surface area contributed by atoms with E-state index >= 15 is 0 Å². The summed E-state index contributed by atoms with van der Waals surface area (Å²) < 4.78 is 0. The molecular formula is C23H28N4O3. The first-order chi connectivity index (χ1) is 14.3. The van der Waals surface area contributed by atoms with Crippen molar-refractivity contribution in [3.63, 3.8) is 0 Å². The summed E-state index contributed by atoms with van der Waals surface area (Å²) >= 11 is 0. The van der Waals surface area contributed by atoms with E-state index in [4.69, 9.17) is 0 Å². The average Bonchev–Trinajstić information content (AvgIpc) is 2.72. The second-order valence-electron chi connectivity index (χ2n) is 7.82.